The van der Waals surface area contributed by atoms with Crippen LogP contribution < -0.4 is 10.6 Å². The van der Waals surface area contributed by atoms with Gasteiger partial charge >= 0.3 is 6.18 Å². The fourth-order valence-corrected chi connectivity index (χ4v) is 2.40. The average Bonchev–Trinajstić information content (AvgIpc) is 2.43. The predicted octanol–water partition coefficient (Wildman–Crippen LogP) is 5.78. The topological polar surface area (TPSA) is 24.1 Å². The van der Waals surface area contributed by atoms with Crippen molar-refractivity contribution in [3.05, 3.63) is 58.1 Å². The predicted molar refractivity (Wildman–Crippen MR) is 92.2 cm³/mol. The molecular formula is C16H14ClF3N2S. The molecule has 0 amide bonds. The van der Waals surface area contributed by atoms with Crippen LogP contribution in [0.1, 0.15) is 16.7 Å². The summed E-state index contributed by atoms with van der Waals surface area (Å²) in [6.07, 6.45) is -4.53. The second-order valence-corrected chi connectivity index (χ2v) is 5.93. The number of hydrogen-bond acceptors (Lipinski definition) is 1. The van der Waals surface area contributed by atoms with E-state index < -0.39 is 11.7 Å². The van der Waals surface area contributed by atoms with E-state index in [1.165, 1.54) is 12.1 Å². The van der Waals surface area contributed by atoms with E-state index in [0.29, 0.717) is 0 Å². The Kier molecular flexibility index (Phi) is 5.16. The Morgan fingerprint density at radius 2 is 1.65 bits per heavy atom. The van der Waals surface area contributed by atoms with Crippen molar-refractivity contribution in [3.8, 4) is 0 Å². The molecule has 0 aliphatic heterocycles. The molecule has 0 spiro atoms. The number of thiocarbonyl (C=S) groups is 1. The van der Waals surface area contributed by atoms with Crippen molar-refractivity contribution in [2.75, 3.05) is 10.6 Å². The smallest absolute Gasteiger partial charge is 0.332 e. The summed E-state index contributed by atoms with van der Waals surface area (Å²) in [5.41, 5.74) is 1.68. The van der Waals surface area contributed by atoms with Gasteiger partial charge in [-0.1, -0.05) is 23.7 Å². The third-order valence-corrected chi connectivity index (χ3v) is 3.62. The van der Waals surface area contributed by atoms with Crippen LogP contribution in [0.3, 0.4) is 0 Å². The zero-order valence-corrected chi connectivity index (χ0v) is 14.0. The lowest BCUT2D eigenvalue weighted by Gasteiger charge is -2.17. The van der Waals surface area contributed by atoms with Gasteiger partial charge < -0.3 is 10.6 Å². The van der Waals surface area contributed by atoms with Gasteiger partial charge in [0.05, 0.1) is 11.3 Å². The maximum Gasteiger partial charge on any atom is 0.418 e. The van der Waals surface area contributed by atoms with Gasteiger partial charge in [-0.2, -0.15) is 13.2 Å². The van der Waals surface area contributed by atoms with Gasteiger partial charge in [-0.25, -0.2) is 0 Å². The summed E-state index contributed by atoms with van der Waals surface area (Å²) in [5, 5.41) is 5.58. The normalized spacial score (nSPS) is 11.2. The number of anilines is 2. The molecule has 0 atom stereocenters. The Bertz CT molecular complexity index is 745. The van der Waals surface area contributed by atoms with Crippen LogP contribution in [0.5, 0.6) is 0 Å². The summed E-state index contributed by atoms with van der Waals surface area (Å²) in [6, 6.07) is 9.21. The van der Waals surface area contributed by atoms with Crippen LogP contribution >= 0.6 is 23.8 Å². The van der Waals surface area contributed by atoms with Crippen molar-refractivity contribution in [2.45, 2.75) is 20.0 Å². The minimum Gasteiger partial charge on any atom is -0.332 e. The first-order valence-corrected chi connectivity index (χ1v) is 7.47. The maximum absolute atomic E-state index is 13.1. The molecule has 0 bridgehead atoms. The van der Waals surface area contributed by atoms with Crippen LogP contribution in [0, 0.1) is 13.8 Å². The minimum atomic E-state index is -4.53. The number of alkyl halides is 3. The maximum atomic E-state index is 13.1. The highest BCUT2D eigenvalue weighted by atomic mass is 35.5. The van der Waals surface area contributed by atoms with Crippen molar-refractivity contribution in [1.29, 1.82) is 0 Å². The Morgan fingerprint density at radius 3 is 2.30 bits per heavy atom. The molecule has 0 saturated heterocycles. The molecule has 0 unspecified atom stereocenters. The van der Waals surface area contributed by atoms with Crippen molar-refractivity contribution in [2.24, 2.45) is 0 Å². The van der Waals surface area contributed by atoms with Crippen LogP contribution in [0.25, 0.3) is 0 Å². The van der Waals surface area contributed by atoms with Gasteiger partial charge in [-0.3, -0.25) is 0 Å². The standard InChI is InChI=1S/C16H14ClF3N2S/c1-9-3-4-10(2)14(7-9)22-15(23)21-13-6-5-11(17)8-12(13)16(18,19)20/h3-8H,1-2H3,(H2,21,22,23). The first-order chi connectivity index (χ1) is 10.7. The van der Waals surface area contributed by atoms with Crippen molar-refractivity contribution in [3.63, 3.8) is 0 Å². The molecule has 2 aromatic rings. The highest BCUT2D eigenvalue weighted by molar-refractivity contribution is 7.80. The molecule has 0 fully saturated rings. The molecule has 2 rings (SSSR count). The van der Waals surface area contributed by atoms with Crippen LogP contribution in [0.15, 0.2) is 36.4 Å². The zero-order chi connectivity index (χ0) is 17.2. The van der Waals surface area contributed by atoms with E-state index in [9.17, 15) is 13.2 Å². The quantitative estimate of drug-likeness (QED) is 0.665. The Labute approximate surface area is 142 Å². The Hall–Kier alpha value is -1.79. The van der Waals surface area contributed by atoms with Gasteiger partial charge in [0.15, 0.2) is 5.11 Å². The van der Waals surface area contributed by atoms with E-state index in [4.69, 9.17) is 23.8 Å². The van der Waals surface area contributed by atoms with E-state index in [0.717, 1.165) is 22.9 Å². The summed E-state index contributed by atoms with van der Waals surface area (Å²) < 4.78 is 39.2. The molecule has 0 aliphatic rings. The molecule has 2 aromatic carbocycles. The zero-order valence-electron chi connectivity index (χ0n) is 12.4. The van der Waals surface area contributed by atoms with Gasteiger partial charge in [-0.15, -0.1) is 0 Å². The molecule has 0 saturated carbocycles. The second kappa shape index (κ2) is 6.76. The molecule has 7 heteroatoms. The average molecular weight is 359 g/mol. The van der Waals surface area contributed by atoms with Gasteiger partial charge in [0, 0.05) is 10.7 Å². The van der Waals surface area contributed by atoms with Crippen molar-refractivity contribution < 1.29 is 13.2 Å². The molecule has 0 heterocycles. The van der Waals surface area contributed by atoms with Gasteiger partial charge in [-0.05, 0) is 61.5 Å². The molecule has 2 N–H and O–H groups in total. The third-order valence-electron chi connectivity index (χ3n) is 3.18. The minimum absolute atomic E-state index is 0.0104. The monoisotopic (exact) mass is 358 g/mol. The second-order valence-electron chi connectivity index (χ2n) is 5.09. The molecule has 0 radical (unpaired) electrons. The number of rotatable bonds is 2. The first kappa shape index (κ1) is 17.6. The number of benzene rings is 2. The number of nitrogens with one attached hydrogen (secondary N) is 2. The first-order valence-electron chi connectivity index (χ1n) is 6.69. The lowest BCUT2D eigenvalue weighted by Crippen LogP contribution is -2.22. The van der Waals surface area contributed by atoms with E-state index in [2.05, 4.69) is 10.6 Å². The Balaban J connectivity index is 2.22. The molecule has 0 aromatic heterocycles. The van der Waals surface area contributed by atoms with E-state index in [1.807, 2.05) is 32.0 Å². The van der Waals surface area contributed by atoms with Gasteiger partial charge in [0.2, 0.25) is 0 Å². The van der Waals surface area contributed by atoms with E-state index in [-0.39, 0.29) is 15.8 Å². The highest BCUT2D eigenvalue weighted by Crippen LogP contribution is 2.36. The lowest BCUT2D eigenvalue weighted by molar-refractivity contribution is -0.136. The fourth-order valence-electron chi connectivity index (χ4n) is 2.01. The summed E-state index contributed by atoms with van der Waals surface area (Å²) in [5.74, 6) is 0. The molecule has 2 nitrogen and oxygen atoms in total. The summed E-state index contributed by atoms with van der Waals surface area (Å²) in [6.45, 7) is 3.80. The van der Waals surface area contributed by atoms with Crippen molar-refractivity contribution >= 4 is 40.3 Å². The van der Waals surface area contributed by atoms with Gasteiger partial charge in [0.25, 0.3) is 0 Å². The van der Waals surface area contributed by atoms with Crippen molar-refractivity contribution in [1.82, 2.24) is 0 Å². The fraction of sp³-hybridized carbons (Fsp3) is 0.188. The highest BCUT2D eigenvalue weighted by Gasteiger charge is 2.34. The number of aryl methyl sites for hydroxylation is 2. The molecular weight excluding hydrogens is 345 g/mol. The summed E-state index contributed by atoms with van der Waals surface area (Å²) in [7, 11) is 0. The van der Waals surface area contributed by atoms with E-state index in [1.54, 1.807) is 0 Å². The summed E-state index contributed by atoms with van der Waals surface area (Å²) in [4.78, 5) is 0. The van der Waals surface area contributed by atoms with E-state index >= 15 is 0 Å². The number of halogens is 4. The SMILES string of the molecule is Cc1ccc(C)c(NC(=S)Nc2ccc(Cl)cc2C(F)(F)F)c1. The molecule has 122 valence electrons. The van der Waals surface area contributed by atoms with Crippen LogP contribution in [-0.4, -0.2) is 5.11 Å². The summed E-state index contributed by atoms with van der Waals surface area (Å²) >= 11 is 10.8. The van der Waals surface area contributed by atoms with Crippen LogP contribution in [0.4, 0.5) is 24.5 Å². The van der Waals surface area contributed by atoms with Gasteiger partial charge in [0.1, 0.15) is 0 Å². The largest absolute Gasteiger partial charge is 0.418 e. The molecule has 23 heavy (non-hydrogen) atoms. The third kappa shape index (κ3) is 4.59. The Morgan fingerprint density at radius 1 is 1.00 bits per heavy atom. The van der Waals surface area contributed by atoms with Crippen LogP contribution in [0.2, 0.25) is 5.02 Å². The lowest BCUT2D eigenvalue weighted by atomic mass is 10.1. The van der Waals surface area contributed by atoms with Crippen LogP contribution in [-0.2, 0) is 6.18 Å². The number of hydrogen-bond donors (Lipinski definition) is 2. The molecule has 0 aliphatic carbocycles.